The number of benzene rings is 1. The standard InChI is InChI=1S/C10H11BrO3/c1-10(2,9(13)14)7-5-6(11)3-4-8(7)12/h3-5,12H,1-2H3,(H,13,14). The Morgan fingerprint density at radius 3 is 2.50 bits per heavy atom. The molecule has 4 heteroatoms. The summed E-state index contributed by atoms with van der Waals surface area (Å²) in [6, 6.07) is 4.75. The zero-order chi connectivity index (χ0) is 10.9. The summed E-state index contributed by atoms with van der Waals surface area (Å²) in [5.74, 6) is -0.966. The summed E-state index contributed by atoms with van der Waals surface area (Å²) in [6.45, 7) is 3.10. The Morgan fingerprint density at radius 2 is 2.00 bits per heavy atom. The second-order valence-corrected chi connectivity index (χ2v) is 4.51. The maximum absolute atomic E-state index is 11.0. The Bertz CT molecular complexity index is 372. The molecule has 1 aromatic carbocycles. The molecule has 0 aliphatic heterocycles. The maximum atomic E-state index is 11.0. The van der Waals surface area contributed by atoms with Crippen LogP contribution in [0.3, 0.4) is 0 Å². The molecule has 0 aliphatic carbocycles. The first-order valence-corrected chi connectivity index (χ1v) is 4.87. The van der Waals surface area contributed by atoms with Gasteiger partial charge < -0.3 is 10.2 Å². The second kappa shape index (κ2) is 3.61. The third kappa shape index (κ3) is 1.90. The molecular weight excluding hydrogens is 248 g/mol. The van der Waals surface area contributed by atoms with Gasteiger partial charge in [0, 0.05) is 10.0 Å². The largest absolute Gasteiger partial charge is 0.508 e. The van der Waals surface area contributed by atoms with Gasteiger partial charge in [-0.15, -0.1) is 0 Å². The fraction of sp³-hybridized carbons (Fsp3) is 0.300. The highest BCUT2D eigenvalue weighted by Gasteiger charge is 2.32. The molecule has 76 valence electrons. The van der Waals surface area contributed by atoms with Crippen LogP contribution in [-0.2, 0) is 10.2 Å². The second-order valence-electron chi connectivity index (χ2n) is 3.59. The molecule has 0 amide bonds. The van der Waals surface area contributed by atoms with Gasteiger partial charge in [-0.25, -0.2) is 0 Å². The van der Waals surface area contributed by atoms with Crippen LogP contribution < -0.4 is 0 Å². The molecule has 2 N–H and O–H groups in total. The van der Waals surface area contributed by atoms with Gasteiger partial charge >= 0.3 is 5.97 Å². The number of rotatable bonds is 2. The molecule has 0 bridgehead atoms. The molecule has 1 aromatic rings. The van der Waals surface area contributed by atoms with Crippen molar-refractivity contribution < 1.29 is 15.0 Å². The topological polar surface area (TPSA) is 57.5 Å². The first kappa shape index (κ1) is 11.0. The minimum atomic E-state index is -1.09. The van der Waals surface area contributed by atoms with E-state index in [1.807, 2.05) is 0 Å². The Hall–Kier alpha value is -1.03. The fourth-order valence-corrected chi connectivity index (χ4v) is 1.49. The van der Waals surface area contributed by atoms with Gasteiger partial charge in [0.25, 0.3) is 0 Å². The van der Waals surface area contributed by atoms with E-state index in [-0.39, 0.29) is 5.75 Å². The monoisotopic (exact) mass is 258 g/mol. The molecule has 0 atom stereocenters. The lowest BCUT2D eigenvalue weighted by Crippen LogP contribution is -2.28. The van der Waals surface area contributed by atoms with Crippen molar-refractivity contribution in [2.24, 2.45) is 0 Å². The van der Waals surface area contributed by atoms with Gasteiger partial charge in [0.15, 0.2) is 0 Å². The zero-order valence-corrected chi connectivity index (χ0v) is 9.50. The minimum absolute atomic E-state index is 0.000556. The van der Waals surface area contributed by atoms with Gasteiger partial charge in [-0.1, -0.05) is 15.9 Å². The van der Waals surface area contributed by atoms with Gasteiger partial charge in [-0.2, -0.15) is 0 Å². The summed E-state index contributed by atoms with van der Waals surface area (Å²) in [4.78, 5) is 11.0. The van der Waals surface area contributed by atoms with Crippen LogP contribution in [0.25, 0.3) is 0 Å². The number of phenols is 1. The van der Waals surface area contributed by atoms with Crippen LogP contribution in [0.1, 0.15) is 19.4 Å². The van der Waals surface area contributed by atoms with Crippen LogP contribution in [0.4, 0.5) is 0 Å². The van der Waals surface area contributed by atoms with Crippen molar-refractivity contribution in [2.45, 2.75) is 19.3 Å². The number of hydrogen-bond donors (Lipinski definition) is 2. The minimum Gasteiger partial charge on any atom is -0.508 e. The van der Waals surface area contributed by atoms with Crippen LogP contribution >= 0.6 is 15.9 Å². The van der Waals surface area contributed by atoms with Gasteiger partial charge in [0.2, 0.25) is 0 Å². The van der Waals surface area contributed by atoms with Crippen molar-refractivity contribution in [1.29, 1.82) is 0 Å². The average molecular weight is 259 g/mol. The number of carboxylic acids is 1. The molecule has 0 saturated carbocycles. The quantitative estimate of drug-likeness (QED) is 0.857. The molecule has 1 rings (SSSR count). The van der Waals surface area contributed by atoms with Crippen LogP contribution in [0.5, 0.6) is 5.75 Å². The van der Waals surface area contributed by atoms with Crippen molar-refractivity contribution in [3.8, 4) is 5.75 Å². The molecule has 0 unspecified atom stereocenters. The van der Waals surface area contributed by atoms with E-state index in [0.717, 1.165) is 4.47 Å². The molecule has 0 spiro atoms. The number of hydrogen-bond acceptors (Lipinski definition) is 2. The molecular formula is C10H11BrO3. The van der Waals surface area contributed by atoms with E-state index in [1.165, 1.54) is 6.07 Å². The van der Waals surface area contributed by atoms with E-state index in [1.54, 1.807) is 26.0 Å². The summed E-state index contributed by atoms with van der Waals surface area (Å²) >= 11 is 3.23. The smallest absolute Gasteiger partial charge is 0.313 e. The van der Waals surface area contributed by atoms with E-state index in [4.69, 9.17) is 5.11 Å². The summed E-state index contributed by atoms with van der Waals surface area (Å²) in [5.41, 5.74) is -0.687. The Kier molecular flexibility index (Phi) is 2.85. The predicted octanol–water partition coefficient (Wildman–Crippen LogP) is 2.52. The number of phenolic OH excluding ortho intramolecular Hbond substituents is 1. The number of carbonyl (C=O) groups is 1. The van der Waals surface area contributed by atoms with Crippen molar-refractivity contribution in [2.75, 3.05) is 0 Å². The van der Waals surface area contributed by atoms with E-state index in [2.05, 4.69) is 15.9 Å². The van der Waals surface area contributed by atoms with Crippen LogP contribution in [0, 0.1) is 0 Å². The maximum Gasteiger partial charge on any atom is 0.313 e. The van der Waals surface area contributed by atoms with Gasteiger partial charge in [-0.3, -0.25) is 4.79 Å². The van der Waals surface area contributed by atoms with Crippen LogP contribution in [0.15, 0.2) is 22.7 Å². The molecule has 0 aliphatic rings. The van der Waals surface area contributed by atoms with Crippen LogP contribution in [-0.4, -0.2) is 16.2 Å². The Labute approximate surface area is 90.5 Å². The number of carboxylic acid groups (broad SMARTS) is 1. The number of aliphatic carboxylic acids is 1. The van der Waals surface area contributed by atoms with Crippen molar-refractivity contribution >= 4 is 21.9 Å². The Balaban J connectivity index is 3.31. The highest BCUT2D eigenvalue weighted by molar-refractivity contribution is 9.10. The van der Waals surface area contributed by atoms with Crippen molar-refractivity contribution in [3.63, 3.8) is 0 Å². The highest BCUT2D eigenvalue weighted by atomic mass is 79.9. The van der Waals surface area contributed by atoms with Crippen molar-refractivity contribution in [1.82, 2.24) is 0 Å². The molecule has 3 nitrogen and oxygen atoms in total. The molecule has 0 fully saturated rings. The Morgan fingerprint density at radius 1 is 1.43 bits per heavy atom. The fourth-order valence-electron chi connectivity index (χ4n) is 1.12. The first-order valence-electron chi connectivity index (χ1n) is 4.08. The van der Waals surface area contributed by atoms with E-state index < -0.39 is 11.4 Å². The van der Waals surface area contributed by atoms with Gasteiger partial charge in [0.1, 0.15) is 5.75 Å². The summed E-state index contributed by atoms with van der Waals surface area (Å²) in [5, 5.41) is 18.5. The molecule has 0 heterocycles. The van der Waals surface area contributed by atoms with Gasteiger partial charge in [-0.05, 0) is 32.0 Å². The predicted molar refractivity (Wildman–Crippen MR) is 56.5 cm³/mol. The SMILES string of the molecule is CC(C)(C(=O)O)c1cc(Br)ccc1O. The zero-order valence-electron chi connectivity index (χ0n) is 7.91. The van der Waals surface area contributed by atoms with Gasteiger partial charge in [0.05, 0.1) is 5.41 Å². The number of halogens is 1. The molecule has 0 saturated heterocycles. The summed E-state index contributed by atoms with van der Waals surface area (Å²) in [6.07, 6.45) is 0. The molecule has 14 heavy (non-hydrogen) atoms. The molecule has 0 radical (unpaired) electrons. The third-order valence-corrected chi connectivity index (χ3v) is 2.66. The molecule has 0 aromatic heterocycles. The van der Waals surface area contributed by atoms with E-state index >= 15 is 0 Å². The lowest BCUT2D eigenvalue weighted by molar-refractivity contribution is -0.142. The normalized spacial score (nSPS) is 11.4. The lowest BCUT2D eigenvalue weighted by atomic mass is 9.84. The summed E-state index contributed by atoms with van der Waals surface area (Å²) < 4.78 is 0.750. The van der Waals surface area contributed by atoms with Crippen molar-refractivity contribution in [3.05, 3.63) is 28.2 Å². The van der Waals surface area contributed by atoms with E-state index in [9.17, 15) is 9.90 Å². The van der Waals surface area contributed by atoms with E-state index in [0.29, 0.717) is 5.56 Å². The third-order valence-electron chi connectivity index (χ3n) is 2.17. The number of aromatic hydroxyl groups is 1. The average Bonchev–Trinajstić information content (AvgIpc) is 2.08. The van der Waals surface area contributed by atoms with Crippen LogP contribution in [0.2, 0.25) is 0 Å². The first-order chi connectivity index (χ1) is 6.35. The summed E-state index contributed by atoms with van der Waals surface area (Å²) in [7, 11) is 0. The highest BCUT2D eigenvalue weighted by Crippen LogP contribution is 2.33. The lowest BCUT2D eigenvalue weighted by Gasteiger charge is -2.20.